The molecule has 0 saturated heterocycles. The van der Waals surface area contributed by atoms with Crippen molar-refractivity contribution in [2.75, 3.05) is 30.9 Å². The van der Waals surface area contributed by atoms with E-state index < -0.39 is 0 Å². The van der Waals surface area contributed by atoms with E-state index >= 15 is 0 Å². The third kappa shape index (κ3) is 5.00. The molecule has 6 heteroatoms. The van der Waals surface area contributed by atoms with Crippen molar-refractivity contribution >= 4 is 11.8 Å². The Kier molecular flexibility index (Phi) is 5.90. The predicted octanol–water partition coefficient (Wildman–Crippen LogP) is 2.24. The molecule has 0 bridgehead atoms. The molecule has 0 radical (unpaired) electrons. The maximum Gasteiger partial charge on any atom is 0.244 e. The first-order valence-electron chi connectivity index (χ1n) is 7.00. The molecule has 0 amide bonds. The maximum atomic E-state index is 4.99. The van der Waals surface area contributed by atoms with Gasteiger partial charge in [0.25, 0.3) is 0 Å². The van der Waals surface area contributed by atoms with E-state index in [2.05, 4.69) is 44.9 Å². The topological polar surface area (TPSA) is 72.0 Å². The number of benzene rings is 1. The van der Waals surface area contributed by atoms with E-state index in [4.69, 9.17) is 4.74 Å². The Balaban J connectivity index is 1.87. The van der Waals surface area contributed by atoms with Gasteiger partial charge in [0.05, 0.1) is 6.20 Å². The molecule has 21 heavy (non-hydrogen) atoms. The summed E-state index contributed by atoms with van der Waals surface area (Å²) in [5.41, 5.74) is 2.50. The van der Waals surface area contributed by atoms with Crippen LogP contribution in [0, 0.1) is 6.92 Å². The zero-order chi connectivity index (χ0) is 14.9. The first kappa shape index (κ1) is 15.2. The second-order valence-electron chi connectivity index (χ2n) is 4.72. The summed E-state index contributed by atoms with van der Waals surface area (Å²) in [7, 11) is 1.69. The third-order valence-corrected chi connectivity index (χ3v) is 3.09. The highest BCUT2D eigenvalue weighted by molar-refractivity contribution is 5.38. The molecular weight excluding hydrogens is 266 g/mol. The third-order valence-electron chi connectivity index (χ3n) is 3.09. The van der Waals surface area contributed by atoms with Gasteiger partial charge in [-0.3, -0.25) is 0 Å². The van der Waals surface area contributed by atoms with Crippen molar-refractivity contribution in [3.05, 3.63) is 41.6 Å². The molecule has 2 rings (SSSR count). The van der Waals surface area contributed by atoms with Gasteiger partial charge in [-0.15, -0.1) is 5.10 Å². The van der Waals surface area contributed by atoms with Crippen LogP contribution in [0.15, 0.2) is 30.5 Å². The Morgan fingerprint density at radius 1 is 1.19 bits per heavy atom. The van der Waals surface area contributed by atoms with Crippen molar-refractivity contribution in [1.82, 2.24) is 15.2 Å². The zero-order valence-corrected chi connectivity index (χ0v) is 12.5. The van der Waals surface area contributed by atoms with Crippen LogP contribution in [0.4, 0.5) is 11.8 Å². The smallest absolute Gasteiger partial charge is 0.244 e. The lowest BCUT2D eigenvalue weighted by atomic mass is 10.1. The van der Waals surface area contributed by atoms with Crippen LogP contribution in [0.25, 0.3) is 0 Å². The normalized spacial score (nSPS) is 10.4. The Morgan fingerprint density at radius 3 is 2.86 bits per heavy atom. The van der Waals surface area contributed by atoms with Gasteiger partial charge in [-0.25, -0.2) is 0 Å². The van der Waals surface area contributed by atoms with Crippen LogP contribution in [-0.2, 0) is 11.3 Å². The second-order valence-corrected chi connectivity index (χ2v) is 4.72. The van der Waals surface area contributed by atoms with Crippen LogP contribution in [0.2, 0.25) is 0 Å². The number of rotatable bonds is 8. The monoisotopic (exact) mass is 287 g/mol. The number of ether oxygens (including phenoxy) is 1. The summed E-state index contributed by atoms with van der Waals surface area (Å²) in [5, 5.41) is 14.3. The van der Waals surface area contributed by atoms with Crippen molar-refractivity contribution in [2.45, 2.75) is 19.9 Å². The molecule has 2 N–H and O–H groups in total. The van der Waals surface area contributed by atoms with Gasteiger partial charge >= 0.3 is 0 Å². The fourth-order valence-corrected chi connectivity index (χ4v) is 1.87. The lowest BCUT2D eigenvalue weighted by molar-refractivity contribution is 0.197. The molecule has 0 spiro atoms. The van der Waals surface area contributed by atoms with Gasteiger partial charge in [-0.05, 0) is 24.5 Å². The number of aryl methyl sites for hydroxylation is 1. The summed E-state index contributed by atoms with van der Waals surface area (Å²) in [6.07, 6.45) is 2.53. The number of methoxy groups -OCH3 is 1. The molecule has 0 atom stereocenters. The largest absolute Gasteiger partial charge is 0.385 e. The van der Waals surface area contributed by atoms with Crippen LogP contribution in [0.5, 0.6) is 0 Å². The van der Waals surface area contributed by atoms with E-state index in [0.29, 0.717) is 24.9 Å². The highest BCUT2D eigenvalue weighted by Crippen LogP contribution is 2.10. The average molecular weight is 287 g/mol. The first-order chi connectivity index (χ1) is 10.3. The minimum absolute atomic E-state index is 0.529. The molecule has 112 valence electrons. The van der Waals surface area contributed by atoms with Crippen LogP contribution < -0.4 is 10.6 Å². The average Bonchev–Trinajstić information content (AvgIpc) is 2.51. The van der Waals surface area contributed by atoms with Gasteiger partial charge in [-0.2, -0.15) is 10.1 Å². The summed E-state index contributed by atoms with van der Waals surface area (Å²) < 4.78 is 4.99. The van der Waals surface area contributed by atoms with Crippen molar-refractivity contribution in [3.8, 4) is 0 Å². The molecule has 6 nitrogen and oxygen atoms in total. The number of nitrogens with one attached hydrogen (secondary N) is 2. The Hall–Kier alpha value is -2.21. The summed E-state index contributed by atoms with van der Waals surface area (Å²) >= 11 is 0. The standard InChI is InChI=1S/C15H21N5O/c1-12-6-3-4-7-13(12)10-17-14-11-18-20-15(19-14)16-8-5-9-21-2/h3-4,6-7,11H,5,8-10H2,1-2H3,(H2,16,17,19,20). The fraction of sp³-hybridized carbons (Fsp3) is 0.400. The lowest BCUT2D eigenvalue weighted by Crippen LogP contribution is -2.10. The van der Waals surface area contributed by atoms with Gasteiger partial charge in [0.1, 0.15) is 0 Å². The molecule has 0 unspecified atom stereocenters. The second kappa shape index (κ2) is 8.16. The highest BCUT2D eigenvalue weighted by atomic mass is 16.5. The Morgan fingerprint density at radius 2 is 2.05 bits per heavy atom. The summed E-state index contributed by atoms with van der Waals surface area (Å²) in [6.45, 7) is 4.29. The lowest BCUT2D eigenvalue weighted by Gasteiger charge is -2.09. The van der Waals surface area contributed by atoms with E-state index in [-0.39, 0.29) is 0 Å². The molecule has 0 aliphatic heterocycles. The predicted molar refractivity (Wildman–Crippen MR) is 83.3 cm³/mol. The molecule has 0 fully saturated rings. The quantitative estimate of drug-likeness (QED) is 0.726. The first-order valence-corrected chi connectivity index (χ1v) is 7.00. The van der Waals surface area contributed by atoms with Crippen molar-refractivity contribution in [3.63, 3.8) is 0 Å². The molecule has 0 aliphatic rings. The number of hydrogen-bond donors (Lipinski definition) is 2. The molecule has 0 saturated carbocycles. The minimum atomic E-state index is 0.529. The Labute approximate surface area is 125 Å². The molecule has 1 aromatic carbocycles. The number of anilines is 2. The van der Waals surface area contributed by atoms with Crippen LogP contribution in [-0.4, -0.2) is 35.4 Å². The molecule has 0 aliphatic carbocycles. The van der Waals surface area contributed by atoms with E-state index in [9.17, 15) is 0 Å². The van der Waals surface area contributed by atoms with Gasteiger partial charge in [0.2, 0.25) is 5.95 Å². The van der Waals surface area contributed by atoms with Crippen molar-refractivity contribution < 1.29 is 4.74 Å². The number of nitrogens with zero attached hydrogens (tertiary/aromatic N) is 3. The summed E-state index contributed by atoms with van der Waals surface area (Å²) in [4.78, 5) is 4.38. The van der Waals surface area contributed by atoms with Crippen LogP contribution >= 0.6 is 0 Å². The van der Waals surface area contributed by atoms with Crippen LogP contribution in [0.3, 0.4) is 0 Å². The van der Waals surface area contributed by atoms with E-state index in [0.717, 1.165) is 13.0 Å². The molecule has 1 heterocycles. The van der Waals surface area contributed by atoms with Crippen molar-refractivity contribution in [1.29, 1.82) is 0 Å². The highest BCUT2D eigenvalue weighted by Gasteiger charge is 2.01. The van der Waals surface area contributed by atoms with E-state index in [1.807, 2.05) is 12.1 Å². The SMILES string of the molecule is COCCCNc1nncc(NCc2ccccc2C)n1. The zero-order valence-electron chi connectivity index (χ0n) is 12.5. The Bertz CT molecular complexity index is 561. The van der Waals surface area contributed by atoms with Gasteiger partial charge in [0.15, 0.2) is 5.82 Å². The van der Waals surface area contributed by atoms with Gasteiger partial charge < -0.3 is 15.4 Å². The molecular formula is C15H21N5O. The van der Waals surface area contributed by atoms with Crippen molar-refractivity contribution in [2.24, 2.45) is 0 Å². The number of hydrogen-bond acceptors (Lipinski definition) is 6. The van der Waals surface area contributed by atoms with Gasteiger partial charge in [-0.1, -0.05) is 24.3 Å². The number of aromatic nitrogens is 3. The van der Waals surface area contributed by atoms with E-state index in [1.165, 1.54) is 11.1 Å². The minimum Gasteiger partial charge on any atom is -0.385 e. The van der Waals surface area contributed by atoms with E-state index in [1.54, 1.807) is 13.3 Å². The maximum absolute atomic E-state index is 4.99. The summed E-state index contributed by atoms with van der Waals surface area (Å²) in [6, 6.07) is 8.26. The van der Waals surface area contributed by atoms with Crippen LogP contribution in [0.1, 0.15) is 17.5 Å². The molecule has 1 aromatic heterocycles. The van der Waals surface area contributed by atoms with Gasteiger partial charge in [0, 0.05) is 26.8 Å². The summed E-state index contributed by atoms with van der Waals surface area (Å²) in [5.74, 6) is 1.24. The fourth-order valence-electron chi connectivity index (χ4n) is 1.87. The molecule has 2 aromatic rings.